The maximum Gasteiger partial charge on any atom is 0.223 e. The van der Waals surface area contributed by atoms with Crippen LogP contribution in [-0.4, -0.2) is 28.7 Å². The summed E-state index contributed by atoms with van der Waals surface area (Å²) in [4.78, 5) is 7.99. The maximum atomic E-state index is 5.86. The fourth-order valence-corrected chi connectivity index (χ4v) is 2.66. The van der Waals surface area contributed by atoms with E-state index in [4.69, 9.17) is 22.1 Å². The Kier molecular flexibility index (Phi) is 3.26. The third-order valence-corrected chi connectivity index (χ3v) is 3.72. The van der Waals surface area contributed by atoms with Gasteiger partial charge >= 0.3 is 0 Å². The van der Waals surface area contributed by atoms with E-state index in [1.165, 1.54) is 12.8 Å². The number of nitrogen functional groups attached to an aromatic ring is 1. The molecule has 6 heteroatoms. The predicted octanol–water partition coefficient (Wildman–Crippen LogP) is 2.08. The van der Waals surface area contributed by atoms with Crippen molar-refractivity contribution in [1.29, 1.82) is 0 Å². The molecule has 3 rings (SSSR count). The summed E-state index contributed by atoms with van der Waals surface area (Å²) in [6.07, 6.45) is 5.05. The first-order valence-corrected chi connectivity index (χ1v) is 6.77. The van der Waals surface area contributed by atoms with Crippen molar-refractivity contribution in [1.82, 2.24) is 9.97 Å². The molecular weight excluding hydrogens is 252 g/mol. The van der Waals surface area contributed by atoms with Crippen LogP contribution in [0.15, 0.2) is 6.07 Å². The number of hydrogen-bond donors (Lipinski definition) is 2. The van der Waals surface area contributed by atoms with Crippen molar-refractivity contribution in [3.05, 3.63) is 11.2 Å². The summed E-state index contributed by atoms with van der Waals surface area (Å²) < 4.78 is 5.79. The topological polar surface area (TPSA) is 73.1 Å². The summed E-state index contributed by atoms with van der Waals surface area (Å²) in [6, 6.07) is 2.09. The second-order valence-corrected chi connectivity index (χ2v) is 5.43. The highest BCUT2D eigenvalue weighted by molar-refractivity contribution is 6.29. The molecule has 18 heavy (non-hydrogen) atoms. The molecule has 2 fully saturated rings. The quantitative estimate of drug-likeness (QED) is 0.821. The molecule has 0 aromatic carbocycles. The van der Waals surface area contributed by atoms with Crippen molar-refractivity contribution < 1.29 is 4.74 Å². The maximum absolute atomic E-state index is 5.86. The Morgan fingerprint density at radius 1 is 1.33 bits per heavy atom. The molecule has 1 aromatic heterocycles. The lowest BCUT2D eigenvalue weighted by Crippen LogP contribution is -2.35. The third-order valence-electron chi connectivity index (χ3n) is 3.53. The van der Waals surface area contributed by atoms with Crippen LogP contribution >= 0.6 is 11.6 Å². The minimum absolute atomic E-state index is 0.204. The van der Waals surface area contributed by atoms with Crippen LogP contribution in [0.25, 0.3) is 0 Å². The summed E-state index contributed by atoms with van der Waals surface area (Å²) >= 11 is 5.86. The van der Waals surface area contributed by atoms with Gasteiger partial charge in [-0.15, -0.1) is 0 Å². The molecular formula is C12H17ClN4O. The molecule has 1 aliphatic heterocycles. The monoisotopic (exact) mass is 268 g/mol. The Bertz CT molecular complexity index is 418. The van der Waals surface area contributed by atoms with E-state index in [9.17, 15) is 0 Å². The molecule has 1 aliphatic carbocycles. The van der Waals surface area contributed by atoms with Gasteiger partial charge in [-0.25, -0.2) is 4.98 Å². The van der Waals surface area contributed by atoms with Crippen LogP contribution in [0, 0.1) is 5.92 Å². The first kappa shape index (κ1) is 12.0. The van der Waals surface area contributed by atoms with Crippen molar-refractivity contribution in [2.24, 2.45) is 5.92 Å². The largest absolute Gasteiger partial charge is 0.378 e. The van der Waals surface area contributed by atoms with Crippen LogP contribution in [0.5, 0.6) is 0 Å². The first-order valence-electron chi connectivity index (χ1n) is 6.39. The summed E-state index contributed by atoms with van der Waals surface area (Å²) in [5, 5.41) is 3.75. The standard InChI is InChI=1S/C12H17ClN4O/c13-10-6-11(17-12(14)16-10)15-8-3-4-18-9(5-8)7-1-2-7/h6-9H,1-5H2,(H3,14,15,16,17). The smallest absolute Gasteiger partial charge is 0.223 e. The van der Waals surface area contributed by atoms with E-state index in [-0.39, 0.29) is 5.95 Å². The number of hydrogen-bond acceptors (Lipinski definition) is 5. The fraction of sp³-hybridized carbons (Fsp3) is 0.667. The first-order chi connectivity index (χ1) is 8.70. The number of anilines is 2. The molecule has 98 valence electrons. The molecule has 2 atom stereocenters. The second kappa shape index (κ2) is 4.90. The average Bonchev–Trinajstić information content (AvgIpc) is 3.11. The van der Waals surface area contributed by atoms with Crippen molar-refractivity contribution in [3.63, 3.8) is 0 Å². The zero-order chi connectivity index (χ0) is 12.5. The van der Waals surface area contributed by atoms with Crippen LogP contribution in [0.4, 0.5) is 11.8 Å². The van der Waals surface area contributed by atoms with E-state index < -0.39 is 0 Å². The third kappa shape index (κ3) is 2.84. The molecule has 1 aromatic rings. The van der Waals surface area contributed by atoms with E-state index in [0.29, 0.717) is 23.1 Å². The van der Waals surface area contributed by atoms with Crippen molar-refractivity contribution in [2.45, 2.75) is 37.8 Å². The Morgan fingerprint density at radius 2 is 2.17 bits per heavy atom. The van der Waals surface area contributed by atoms with Gasteiger partial charge in [0.1, 0.15) is 11.0 Å². The summed E-state index contributed by atoms with van der Waals surface area (Å²) in [5.41, 5.74) is 5.58. The lowest BCUT2D eigenvalue weighted by Gasteiger charge is -2.30. The Hall–Kier alpha value is -1.07. The van der Waals surface area contributed by atoms with Gasteiger partial charge in [-0.2, -0.15) is 4.98 Å². The van der Waals surface area contributed by atoms with E-state index in [0.717, 1.165) is 25.4 Å². The van der Waals surface area contributed by atoms with Crippen molar-refractivity contribution in [3.8, 4) is 0 Å². The minimum Gasteiger partial charge on any atom is -0.378 e. The van der Waals surface area contributed by atoms with Crippen molar-refractivity contribution in [2.75, 3.05) is 17.7 Å². The van der Waals surface area contributed by atoms with Gasteiger partial charge in [-0.05, 0) is 31.6 Å². The zero-order valence-corrected chi connectivity index (χ0v) is 10.9. The number of nitrogens with one attached hydrogen (secondary N) is 1. The van der Waals surface area contributed by atoms with Crippen LogP contribution in [0.3, 0.4) is 0 Å². The molecule has 5 nitrogen and oxygen atoms in total. The van der Waals surface area contributed by atoms with Crippen molar-refractivity contribution >= 4 is 23.4 Å². The Labute approximate surface area is 111 Å². The van der Waals surface area contributed by atoms with Gasteiger partial charge in [-0.3, -0.25) is 0 Å². The summed E-state index contributed by atoms with van der Waals surface area (Å²) in [7, 11) is 0. The predicted molar refractivity (Wildman–Crippen MR) is 70.6 cm³/mol. The highest BCUT2D eigenvalue weighted by Crippen LogP contribution is 2.38. The van der Waals surface area contributed by atoms with E-state index in [1.54, 1.807) is 6.07 Å². The molecule has 2 heterocycles. The van der Waals surface area contributed by atoms with Gasteiger partial charge in [0.05, 0.1) is 6.10 Å². The van der Waals surface area contributed by atoms with E-state index >= 15 is 0 Å². The van der Waals surface area contributed by atoms with Crippen LogP contribution < -0.4 is 11.1 Å². The van der Waals surface area contributed by atoms with Gasteiger partial charge < -0.3 is 15.8 Å². The molecule has 2 aliphatic rings. The molecule has 3 N–H and O–H groups in total. The van der Waals surface area contributed by atoms with Crippen LogP contribution in [0.2, 0.25) is 5.15 Å². The normalized spacial score (nSPS) is 28.1. The Balaban J connectivity index is 1.64. The molecule has 0 radical (unpaired) electrons. The highest BCUT2D eigenvalue weighted by Gasteiger charge is 2.35. The number of ether oxygens (including phenoxy) is 1. The van der Waals surface area contributed by atoms with Gasteiger partial charge in [0.25, 0.3) is 0 Å². The van der Waals surface area contributed by atoms with E-state index in [1.807, 2.05) is 0 Å². The van der Waals surface area contributed by atoms with Crippen LogP contribution in [0.1, 0.15) is 25.7 Å². The molecule has 1 saturated heterocycles. The number of halogens is 1. The van der Waals surface area contributed by atoms with Gasteiger partial charge in [0, 0.05) is 18.7 Å². The average molecular weight is 269 g/mol. The van der Waals surface area contributed by atoms with Gasteiger partial charge in [0.2, 0.25) is 5.95 Å². The number of aromatic nitrogens is 2. The highest BCUT2D eigenvalue weighted by atomic mass is 35.5. The number of nitrogens with zero attached hydrogens (tertiary/aromatic N) is 2. The van der Waals surface area contributed by atoms with Gasteiger partial charge in [0.15, 0.2) is 0 Å². The molecule has 0 amide bonds. The zero-order valence-electron chi connectivity index (χ0n) is 10.1. The van der Waals surface area contributed by atoms with Crippen LogP contribution in [-0.2, 0) is 4.74 Å². The fourth-order valence-electron chi connectivity index (χ4n) is 2.47. The number of rotatable bonds is 3. The SMILES string of the molecule is Nc1nc(Cl)cc(NC2CCOC(C3CC3)C2)n1. The summed E-state index contributed by atoms with van der Waals surface area (Å²) in [6.45, 7) is 0.813. The molecule has 0 bridgehead atoms. The van der Waals surface area contributed by atoms with Gasteiger partial charge in [-0.1, -0.05) is 11.6 Å². The second-order valence-electron chi connectivity index (χ2n) is 5.05. The molecule has 0 spiro atoms. The van der Waals surface area contributed by atoms with E-state index in [2.05, 4.69) is 15.3 Å². The molecule has 1 saturated carbocycles. The number of nitrogens with two attached hydrogens (primary N) is 1. The Morgan fingerprint density at radius 3 is 2.89 bits per heavy atom. The summed E-state index contributed by atoms with van der Waals surface area (Å²) in [5.74, 6) is 1.68. The lowest BCUT2D eigenvalue weighted by molar-refractivity contribution is -0.00223. The lowest BCUT2D eigenvalue weighted by atomic mass is 10.00. The minimum atomic E-state index is 0.204. The molecule has 2 unspecified atom stereocenters.